The van der Waals surface area contributed by atoms with E-state index in [-0.39, 0.29) is 0 Å². The van der Waals surface area contributed by atoms with E-state index in [2.05, 4.69) is 15.9 Å². The van der Waals surface area contributed by atoms with Gasteiger partial charge in [-0.25, -0.2) is 4.98 Å². The fourth-order valence-corrected chi connectivity index (χ4v) is 1.70. The van der Waals surface area contributed by atoms with Gasteiger partial charge >= 0.3 is 0 Å². The third-order valence-corrected chi connectivity index (χ3v) is 2.54. The van der Waals surface area contributed by atoms with Crippen LogP contribution in [-0.4, -0.2) is 16.5 Å². The summed E-state index contributed by atoms with van der Waals surface area (Å²) in [6.07, 6.45) is 11.6. The number of hydrogen-bond donors (Lipinski definition) is 2. The lowest BCUT2D eigenvalue weighted by Crippen LogP contribution is -1.93. The Morgan fingerprint density at radius 3 is 3.00 bits per heavy atom. The van der Waals surface area contributed by atoms with Crippen LogP contribution in [0.25, 0.3) is 16.6 Å². The topological polar surface area (TPSA) is 54.7 Å². The van der Waals surface area contributed by atoms with Crippen molar-refractivity contribution in [3.8, 4) is 12.3 Å². The van der Waals surface area contributed by atoms with Gasteiger partial charge in [-0.15, -0.1) is 12.3 Å². The Morgan fingerprint density at radius 2 is 2.28 bits per heavy atom. The maximum atomic E-state index is 5.47. The third-order valence-electron chi connectivity index (χ3n) is 2.54. The molecule has 1 heterocycles. The largest absolute Gasteiger partial charge is 0.338 e. The van der Waals surface area contributed by atoms with E-state index < -0.39 is 0 Å². The summed E-state index contributed by atoms with van der Waals surface area (Å²) < 4.78 is 0. The number of allylic oxidation sites excluding steroid dienone is 3. The Balaban J connectivity index is 2.41. The Hall–Kier alpha value is -2.31. The average molecular weight is 237 g/mol. The van der Waals surface area contributed by atoms with Crippen LogP contribution in [0.3, 0.4) is 0 Å². The van der Waals surface area contributed by atoms with Crippen molar-refractivity contribution in [1.29, 1.82) is 0 Å². The van der Waals surface area contributed by atoms with Gasteiger partial charge in [0.1, 0.15) is 5.82 Å². The molecule has 0 aliphatic rings. The van der Waals surface area contributed by atoms with Crippen LogP contribution in [0.15, 0.2) is 42.5 Å². The number of benzene rings is 1. The van der Waals surface area contributed by atoms with E-state index in [9.17, 15) is 0 Å². The highest BCUT2D eigenvalue weighted by Gasteiger charge is 2.04. The molecule has 0 spiro atoms. The van der Waals surface area contributed by atoms with Crippen molar-refractivity contribution >= 4 is 16.6 Å². The van der Waals surface area contributed by atoms with Crippen molar-refractivity contribution in [3.63, 3.8) is 0 Å². The number of nitrogens with zero attached hydrogens (tertiary/aromatic N) is 1. The molecular formula is C15H15N3. The van der Waals surface area contributed by atoms with Crippen LogP contribution in [0.1, 0.15) is 12.2 Å². The highest BCUT2D eigenvalue weighted by atomic mass is 14.9. The lowest BCUT2D eigenvalue weighted by atomic mass is 10.2. The summed E-state index contributed by atoms with van der Waals surface area (Å²) >= 11 is 0. The maximum absolute atomic E-state index is 5.47. The predicted molar refractivity (Wildman–Crippen MR) is 75.7 cm³/mol. The average Bonchev–Trinajstić information content (AvgIpc) is 2.82. The smallest absolute Gasteiger partial charge is 0.138 e. The molecule has 18 heavy (non-hydrogen) atoms. The van der Waals surface area contributed by atoms with E-state index >= 15 is 0 Å². The van der Waals surface area contributed by atoms with Gasteiger partial charge in [0.15, 0.2) is 0 Å². The minimum atomic E-state index is 0.494. The van der Waals surface area contributed by atoms with Gasteiger partial charge in [0, 0.05) is 18.5 Å². The van der Waals surface area contributed by atoms with E-state index in [0.29, 0.717) is 13.0 Å². The van der Waals surface area contributed by atoms with E-state index in [1.807, 2.05) is 42.5 Å². The first kappa shape index (κ1) is 12.2. The second-order valence-corrected chi connectivity index (χ2v) is 3.81. The van der Waals surface area contributed by atoms with Gasteiger partial charge in [-0.1, -0.05) is 30.4 Å². The molecule has 0 amide bonds. The first-order valence-electron chi connectivity index (χ1n) is 5.80. The van der Waals surface area contributed by atoms with Crippen molar-refractivity contribution < 1.29 is 0 Å². The summed E-state index contributed by atoms with van der Waals surface area (Å²) in [4.78, 5) is 7.81. The minimum absolute atomic E-state index is 0.494. The van der Waals surface area contributed by atoms with Crippen LogP contribution < -0.4 is 5.73 Å². The lowest BCUT2D eigenvalue weighted by molar-refractivity contribution is 1.24. The molecule has 2 aromatic rings. The normalized spacial score (nSPS) is 12.1. The Kier molecular flexibility index (Phi) is 3.95. The van der Waals surface area contributed by atoms with Gasteiger partial charge in [0.25, 0.3) is 0 Å². The van der Waals surface area contributed by atoms with Gasteiger partial charge in [0.2, 0.25) is 0 Å². The molecule has 3 nitrogen and oxygen atoms in total. The zero-order valence-electron chi connectivity index (χ0n) is 10.1. The quantitative estimate of drug-likeness (QED) is 0.634. The fourth-order valence-electron chi connectivity index (χ4n) is 1.70. The maximum Gasteiger partial charge on any atom is 0.138 e. The van der Waals surface area contributed by atoms with Gasteiger partial charge in [-0.05, 0) is 12.1 Å². The molecule has 2 rings (SSSR count). The molecule has 1 aromatic heterocycles. The second kappa shape index (κ2) is 5.85. The molecule has 0 radical (unpaired) electrons. The van der Waals surface area contributed by atoms with Crippen molar-refractivity contribution in [3.05, 3.63) is 48.3 Å². The van der Waals surface area contributed by atoms with Crippen LogP contribution >= 0.6 is 0 Å². The monoisotopic (exact) mass is 237 g/mol. The van der Waals surface area contributed by atoms with Crippen LogP contribution in [0.2, 0.25) is 0 Å². The fraction of sp³-hybridized carbons (Fsp3) is 0.133. The van der Waals surface area contributed by atoms with E-state index in [0.717, 1.165) is 22.4 Å². The Labute approximate surface area is 106 Å². The molecule has 0 fully saturated rings. The standard InChI is InChI=1S/C15H15N3/c1-2-3-7-12(8-6-11-16)15-17-13-9-4-5-10-14(13)18-15/h1,4-10H,3,11,16H2,(H,17,18)/b8-6-,12-7+. The minimum Gasteiger partial charge on any atom is -0.338 e. The molecule has 0 aliphatic heterocycles. The number of nitrogens with one attached hydrogen (secondary N) is 1. The first-order valence-corrected chi connectivity index (χ1v) is 5.80. The third kappa shape index (κ3) is 2.68. The summed E-state index contributed by atoms with van der Waals surface area (Å²) in [5.41, 5.74) is 8.40. The molecule has 3 N–H and O–H groups in total. The van der Waals surface area contributed by atoms with Gasteiger partial charge in [0.05, 0.1) is 11.0 Å². The Bertz CT molecular complexity index is 593. The van der Waals surface area contributed by atoms with E-state index in [4.69, 9.17) is 12.2 Å². The predicted octanol–water partition coefficient (Wildman–Crippen LogP) is 2.48. The number of para-hydroxylation sites is 2. The SMILES string of the molecule is C#CC/C=C(\C=C/CN)c1nc2ccccc2[nH]1. The lowest BCUT2D eigenvalue weighted by Gasteiger charge is -1.96. The summed E-state index contributed by atoms with van der Waals surface area (Å²) in [5.74, 6) is 3.41. The summed E-state index contributed by atoms with van der Waals surface area (Å²) in [7, 11) is 0. The Morgan fingerprint density at radius 1 is 1.44 bits per heavy atom. The van der Waals surface area contributed by atoms with Crippen LogP contribution in [0.4, 0.5) is 0 Å². The molecule has 0 unspecified atom stereocenters. The highest BCUT2D eigenvalue weighted by molar-refractivity contribution is 5.80. The van der Waals surface area contributed by atoms with Crippen molar-refractivity contribution in [2.45, 2.75) is 6.42 Å². The number of aromatic nitrogens is 2. The van der Waals surface area contributed by atoms with E-state index in [1.54, 1.807) is 0 Å². The molecule has 0 bridgehead atoms. The number of imidazole rings is 1. The van der Waals surface area contributed by atoms with Crippen molar-refractivity contribution in [1.82, 2.24) is 9.97 Å². The number of fused-ring (bicyclic) bond motifs is 1. The summed E-state index contributed by atoms with van der Waals surface area (Å²) in [5, 5.41) is 0. The molecule has 0 saturated carbocycles. The molecule has 3 heteroatoms. The molecule has 1 aromatic carbocycles. The molecular weight excluding hydrogens is 222 g/mol. The number of rotatable bonds is 4. The summed E-state index contributed by atoms with van der Waals surface area (Å²) in [6.45, 7) is 0.494. The number of nitrogens with two attached hydrogens (primary N) is 1. The molecule has 90 valence electrons. The van der Waals surface area contributed by atoms with Crippen molar-refractivity contribution in [2.24, 2.45) is 5.73 Å². The van der Waals surface area contributed by atoms with Gasteiger partial charge < -0.3 is 10.7 Å². The zero-order chi connectivity index (χ0) is 12.8. The second-order valence-electron chi connectivity index (χ2n) is 3.81. The molecule has 0 saturated heterocycles. The summed E-state index contributed by atoms with van der Waals surface area (Å²) in [6, 6.07) is 7.91. The highest BCUT2D eigenvalue weighted by Crippen LogP contribution is 2.18. The molecule has 0 aliphatic carbocycles. The van der Waals surface area contributed by atoms with E-state index in [1.165, 1.54) is 0 Å². The van der Waals surface area contributed by atoms with Crippen LogP contribution in [0.5, 0.6) is 0 Å². The zero-order valence-corrected chi connectivity index (χ0v) is 10.1. The van der Waals surface area contributed by atoms with Gasteiger partial charge in [-0.2, -0.15) is 0 Å². The number of terminal acetylenes is 1. The number of hydrogen-bond acceptors (Lipinski definition) is 2. The first-order chi connectivity index (χ1) is 8.85. The van der Waals surface area contributed by atoms with Gasteiger partial charge in [-0.3, -0.25) is 0 Å². The van der Waals surface area contributed by atoms with Crippen LogP contribution in [-0.2, 0) is 0 Å². The van der Waals surface area contributed by atoms with Crippen LogP contribution in [0, 0.1) is 12.3 Å². The molecule has 0 atom stereocenters. The van der Waals surface area contributed by atoms with Crippen molar-refractivity contribution in [2.75, 3.05) is 6.54 Å². The number of aromatic amines is 1. The number of H-pyrrole nitrogens is 1.